The fourth-order valence-electron chi connectivity index (χ4n) is 3.48. The standard InChI is InChI=1S/C27H30NOPS/c1-5-31-21-25(28-26(29)27(2,3)4)30(22-15-9-6-10-16-22,23-17-11-7-12-18-23)24-19-13-8-14-20-24/h6-21H,5H2,1-4H3/p+1/b25-21-. The van der Waals surface area contributed by atoms with Crippen LogP contribution in [0.15, 0.2) is 102 Å². The van der Waals surface area contributed by atoms with Crippen LogP contribution in [-0.2, 0) is 4.79 Å². The van der Waals surface area contributed by atoms with Crippen molar-refractivity contribution in [2.75, 3.05) is 5.75 Å². The molecular formula is C27H31NOPS+. The maximum Gasteiger partial charge on any atom is 0.232 e. The van der Waals surface area contributed by atoms with Crippen LogP contribution in [0.3, 0.4) is 0 Å². The largest absolute Gasteiger partial charge is 0.295 e. The average molecular weight is 449 g/mol. The molecule has 0 spiro atoms. The molecule has 3 aromatic rings. The van der Waals surface area contributed by atoms with Gasteiger partial charge in [0.05, 0.1) is 0 Å². The minimum atomic E-state index is -2.31. The van der Waals surface area contributed by atoms with Gasteiger partial charge in [0.2, 0.25) is 5.91 Å². The first-order valence-corrected chi connectivity index (χ1v) is 13.4. The summed E-state index contributed by atoms with van der Waals surface area (Å²) in [5.41, 5.74) is 0.498. The molecule has 31 heavy (non-hydrogen) atoms. The highest BCUT2D eigenvalue weighted by atomic mass is 32.2. The van der Waals surface area contributed by atoms with Crippen LogP contribution in [0.1, 0.15) is 27.7 Å². The summed E-state index contributed by atoms with van der Waals surface area (Å²) in [5.74, 6) is 0.968. The summed E-state index contributed by atoms with van der Waals surface area (Å²) < 4.78 is 0. The Hall–Kier alpha value is -2.35. The maximum atomic E-state index is 13.2. The van der Waals surface area contributed by atoms with Gasteiger partial charge < -0.3 is 0 Å². The van der Waals surface area contributed by atoms with Crippen molar-refractivity contribution >= 4 is 40.8 Å². The Kier molecular flexibility index (Phi) is 7.75. The van der Waals surface area contributed by atoms with Gasteiger partial charge in [-0.3, -0.25) is 10.1 Å². The van der Waals surface area contributed by atoms with Gasteiger partial charge in [-0.15, -0.1) is 11.8 Å². The van der Waals surface area contributed by atoms with E-state index in [0.29, 0.717) is 0 Å². The summed E-state index contributed by atoms with van der Waals surface area (Å²) in [7, 11) is -2.31. The molecule has 2 nitrogen and oxygen atoms in total. The van der Waals surface area contributed by atoms with Gasteiger partial charge in [0.15, 0.2) is 12.7 Å². The van der Waals surface area contributed by atoms with Crippen molar-refractivity contribution in [3.05, 3.63) is 102 Å². The summed E-state index contributed by atoms with van der Waals surface area (Å²) in [6.45, 7) is 8.01. The number of nitrogens with one attached hydrogen (secondary N) is 1. The molecule has 0 aromatic heterocycles. The Morgan fingerprint density at radius 2 is 1.19 bits per heavy atom. The van der Waals surface area contributed by atoms with Gasteiger partial charge in [-0.05, 0) is 42.2 Å². The smallest absolute Gasteiger partial charge is 0.232 e. The quantitative estimate of drug-likeness (QED) is 0.470. The van der Waals surface area contributed by atoms with Crippen molar-refractivity contribution in [1.82, 2.24) is 5.32 Å². The third-order valence-corrected chi connectivity index (χ3v) is 10.2. The molecule has 3 aromatic carbocycles. The molecule has 0 aliphatic heterocycles. The Morgan fingerprint density at radius 1 is 0.806 bits per heavy atom. The van der Waals surface area contributed by atoms with E-state index in [1.165, 1.54) is 15.9 Å². The van der Waals surface area contributed by atoms with Crippen LogP contribution in [0.5, 0.6) is 0 Å². The number of thioether (sulfide) groups is 1. The van der Waals surface area contributed by atoms with E-state index in [4.69, 9.17) is 0 Å². The van der Waals surface area contributed by atoms with Gasteiger partial charge in [-0.1, -0.05) is 82.3 Å². The Labute approximate surface area is 191 Å². The zero-order valence-corrected chi connectivity index (χ0v) is 20.4. The van der Waals surface area contributed by atoms with E-state index in [1.807, 2.05) is 39.0 Å². The topological polar surface area (TPSA) is 29.1 Å². The first kappa shape index (κ1) is 23.3. The first-order valence-electron chi connectivity index (χ1n) is 10.6. The molecule has 0 atom stereocenters. The second kappa shape index (κ2) is 10.3. The van der Waals surface area contributed by atoms with Crippen molar-refractivity contribution in [2.45, 2.75) is 27.7 Å². The van der Waals surface area contributed by atoms with Gasteiger partial charge in [-0.2, -0.15) is 0 Å². The summed E-state index contributed by atoms with van der Waals surface area (Å²) in [4.78, 5) is 13.2. The van der Waals surface area contributed by atoms with Crippen LogP contribution in [0.4, 0.5) is 0 Å². The van der Waals surface area contributed by atoms with Crippen LogP contribution < -0.4 is 21.2 Å². The van der Waals surface area contributed by atoms with Crippen LogP contribution >= 0.6 is 19.0 Å². The highest BCUT2D eigenvalue weighted by molar-refractivity contribution is 8.04. The van der Waals surface area contributed by atoms with Crippen LogP contribution in [-0.4, -0.2) is 11.7 Å². The lowest BCUT2D eigenvalue weighted by molar-refractivity contribution is -0.127. The lowest BCUT2D eigenvalue weighted by atomic mass is 9.96. The molecule has 0 heterocycles. The van der Waals surface area contributed by atoms with Gasteiger partial charge >= 0.3 is 0 Å². The van der Waals surface area contributed by atoms with Crippen molar-refractivity contribution < 1.29 is 4.79 Å². The number of hydrogen-bond donors (Lipinski definition) is 1. The second-order valence-corrected chi connectivity index (χ2v) is 12.9. The van der Waals surface area contributed by atoms with Crippen LogP contribution in [0, 0.1) is 5.41 Å². The van der Waals surface area contributed by atoms with Gasteiger partial charge in [0.1, 0.15) is 15.9 Å². The predicted octanol–water partition coefficient (Wildman–Crippen LogP) is 5.69. The number of rotatable bonds is 7. The van der Waals surface area contributed by atoms with E-state index in [0.717, 1.165) is 11.2 Å². The number of benzene rings is 3. The SMILES string of the molecule is CCS/C=C(/NC(=O)C(C)(C)C)[P+](c1ccccc1)(c1ccccc1)c1ccccc1. The number of amides is 1. The minimum Gasteiger partial charge on any atom is -0.295 e. The maximum absolute atomic E-state index is 13.2. The van der Waals surface area contributed by atoms with Crippen molar-refractivity contribution in [1.29, 1.82) is 0 Å². The summed E-state index contributed by atoms with van der Waals surface area (Å²) in [5, 5.41) is 9.23. The average Bonchev–Trinajstić information content (AvgIpc) is 2.79. The summed E-state index contributed by atoms with van der Waals surface area (Å²) in [6.07, 6.45) is 0. The lowest BCUT2D eigenvalue weighted by Crippen LogP contribution is -2.41. The molecule has 0 aliphatic carbocycles. The molecule has 160 valence electrons. The number of carbonyl (C=O) groups is 1. The van der Waals surface area contributed by atoms with E-state index in [9.17, 15) is 4.79 Å². The third-order valence-electron chi connectivity index (χ3n) is 5.08. The zero-order chi connectivity index (χ0) is 22.3. The molecule has 0 fully saturated rings. The van der Waals surface area contributed by atoms with Crippen LogP contribution in [0.25, 0.3) is 0 Å². The fraction of sp³-hybridized carbons (Fsp3) is 0.222. The van der Waals surface area contributed by atoms with Gasteiger partial charge in [-0.25, -0.2) is 0 Å². The minimum absolute atomic E-state index is 0.0302. The van der Waals surface area contributed by atoms with E-state index in [-0.39, 0.29) is 5.91 Å². The Bertz CT molecular complexity index is 915. The molecule has 0 bridgehead atoms. The molecule has 0 unspecified atom stereocenters. The third kappa shape index (κ3) is 5.11. The van der Waals surface area contributed by atoms with Crippen molar-refractivity contribution in [2.24, 2.45) is 5.41 Å². The molecule has 1 amide bonds. The highest BCUT2D eigenvalue weighted by Gasteiger charge is 2.51. The molecule has 0 aliphatic rings. The Balaban J connectivity index is 2.38. The molecule has 4 heteroatoms. The molecule has 3 rings (SSSR count). The van der Waals surface area contributed by atoms with E-state index < -0.39 is 12.7 Å². The first-order chi connectivity index (χ1) is 14.9. The van der Waals surface area contributed by atoms with Crippen molar-refractivity contribution in [3.8, 4) is 0 Å². The molecule has 0 saturated heterocycles. The summed E-state index contributed by atoms with van der Waals surface area (Å²) in [6, 6.07) is 31.9. The summed E-state index contributed by atoms with van der Waals surface area (Å²) >= 11 is 1.73. The predicted molar refractivity (Wildman–Crippen MR) is 139 cm³/mol. The lowest BCUT2D eigenvalue weighted by Gasteiger charge is -2.30. The fourth-order valence-corrected chi connectivity index (χ4v) is 8.57. The van der Waals surface area contributed by atoms with E-state index in [1.54, 1.807) is 11.8 Å². The molecule has 0 radical (unpaired) electrons. The molecule has 1 N–H and O–H groups in total. The van der Waals surface area contributed by atoms with Crippen molar-refractivity contribution in [3.63, 3.8) is 0 Å². The molecule has 0 saturated carbocycles. The normalized spacial score (nSPS) is 12.5. The highest BCUT2D eigenvalue weighted by Crippen LogP contribution is 2.61. The van der Waals surface area contributed by atoms with Gasteiger partial charge in [0, 0.05) is 10.8 Å². The van der Waals surface area contributed by atoms with Crippen LogP contribution in [0.2, 0.25) is 0 Å². The zero-order valence-electron chi connectivity index (χ0n) is 18.7. The van der Waals surface area contributed by atoms with E-state index in [2.05, 4.69) is 90.4 Å². The second-order valence-electron chi connectivity index (χ2n) is 8.34. The molecular weight excluding hydrogens is 417 g/mol. The van der Waals surface area contributed by atoms with Gasteiger partial charge in [0.25, 0.3) is 0 Å². The monoisotopic (exact) mass is 448 g/mol. The number of carbonyl (C=O) groups excluding carboxylic acids is 1. The number of hydrogen-bond acceptors (Lipinski definition) is 2. The Morgan fingerprint density at radius 3 is 1.52 bits per heavy atom. The van der Waals surface area contributed by atoms with E-state index >= 15 is 0 Å².